The molecule has 0 fully saturated rings. The fraction of sp³-hybridized carbons (Fsp3) is 0.368. The van der Waals surface area contributed by atoms with E-state index in [4.69, 9.17) is 16.3 Å². The average Bonchev–Trinajstić information content (AvgIpc) is 2.54. The van der Waals surface area contributed by atoms with E-state index >= 15 is 0 Å². The van der Waals surface area contributed by atoms with Crippen LogP contribution >= 0.6 is 11.6 Å². The molecule has 0 radical (unpaired) electrons. The molecule has 1 heterocycles. The minimum atomic E-state index is -0.0987. The molecule has 1 nitrogen and oxygen atoms in total. The van der Waals surface area contributed by atoms with Gasteiger partial charge in [-0.25, -0.2) is 0 Å². The molecule has 1 aliphatic heterocycles. The molecular formula is C19H21ClO. The van der Waals surface area contributed by atoms with Gasteiger partial charge < -0.3 is 4.74 Å². The van der Waals surface area contributed by atoms with Gasteiger partial charge >= 0.3 is 0 Å². The van der Waals surface area contributed by atoms with E-state index in [-0.39, 0.29) is 5.38 Å². The normalized spacial score (nSPS) is 15.4. The Morgan fingerprint density at radius 1 is 0.952 bits per heavy atom. The first-order chi connectivity index (χ1) is 10.1. The summed E-state index contributed by atoms with van der Waals surface area (Å²) in [6.45, 7) is 5.24. The monoisotopic (exact) mass is 300 g/mol. The molecule has 1 aliphatic rings. The standard InChI is InChI=1S/C19H21ClO/c1-13(2)14-5-7-15(8-6-14)19(20)17-9-10-18-16(12-17)4-3-11-21-18/h5-10,12-13,19H,3-4,11H2,1-2H3. The molecule has 0 saturated heterocycles. The van der Waals surface area contributed by atoms with Crippen molar-refractivity contribution in [1.82, 2.24) is 0 Å². The highest BCUT2D eigenvalue weighted by atomic mass is 35.5. The van der Waals surface area contributed by atoms with Gasteiger partial charge in [0, 0.05) is 0 Å². The first-order valence-electron chi connectivity index (χ1n) is 7.64. The molecule has 2 aromatic rings. The molecule has 0 N–H and O–H groups in total. The summed E-state index contributed by atoms with van der Waals surface area (Å²) in [4.78, 5) is 0. The van der Waals surface area contributed by atoms with Crippen molar-refractivity contribution in [2.24, 2.45) is 0 Å². The summed E-state index contributed by atoms with van der Waals surface area (Å²) in [6, 6.07) is 15.0. The maximum atomic E-state index is 6.67. The maximum absolute atomic E-state index is 6.67. The summed E-state index contributed by atoms with van der Waals surface area (Å²) < 4.78 is 5.66. The molecule has 0 aliphatic carbocycles. The highest BCUT2D eigenvalue weighted by Gasteiger charge is 2.16. The molecule has 0 amide bonds. The Bertz CT molecular complexity index is 616. The van der Waals surface area contributed by atoms with Crippen LogP contribution in [0.4, 0.5) is 0 Å². The van der Waals surface area contributed by atoms with Crippen LogP contribution < -0.4 is 4.74 Å². The van der Waals surface area contributed by atoms with E-state index < -0.39 is 0 Å². The van der Waals surface area contributed by atoms with E-state index in [0.717, 1.165) is 36.3 Å². The lowest BCUT2D eigenvalue weighted by Crippen LogP contribution is -2.09. The van der Waals surface area contributed by atoms with E-state index in [1.54, 1.807) is 0 Å². The summed E-state index contributed by atoms with van der Waals surface area (Å²) in [6.07, 6.45) is 2.17. The number of hydrogen-bond donors (Lipinski definition) is 0. The van der Waals surface area contributed by atoms with Gasteiger partial charge in [0.05, 0.1) is 12.0 Å². The third kappa shape index (κ3) is 3.08. The number of benzene rings is 2. The lowest BCUT2D eigenvalue weighted by Gasteiger charge is -2.19. The van der Waals surface area contributed by atoms with E-state index in [9.17, 15) is 0 Å². The van der Waals surface area contributed by atoms with Gasteiger partial charge in [-0.2, -0.15) is 0 Å². The van der Waals surface area contributed by atoms with Gasteiger partial charge in [-0.05, 0) is 47.1 Å². The second kappa shape index (κ2) is 6.11. The molecule has 1 atom stereocenters. The van der Waals surface area contributed by atoms with E-state index in [2.05, 4.69) is 56.3 Å². The number of alkyl halides is 1. The van der Waals surface area contributed by atoms with Crippen molar-refractivity contribution in [3.05, 3.63) is 64.7 Å². The SMILES string of the molecule is CC(C)c1ccc(C(Cl)c2ccc3c(c2)CCCO3)cc1. The van der Waals surface area contributed by atoms with Crippen LogP contribution in [0.15, 0.2) is 42.5 Å². The highest BCUT2D eigenvalue weighted by Crippen LogP contribution is 2.34. The van der Waals surface area contributed by atoms with Crippen LogP contribution in [0.1, 0.15) is 53.8 Å². The van der Waals surface area contributed by atoms with Crippen molar-refractivity contribution in [2.45, 2.75) is 38.0 Å². The first-order valence-corrected chi connectivity index (χ1v) is 8.08. The van der Waals surface area contributed by atoms with Crippen LogP contribution in [0.3, 0.4) is 0 Å². The largest absolute Gasteiger partial charge is 0.493 e. The predicted octanol–water partition coefficient (Wildman–Crippen LogP) is 5.46. The predicted molar refractivity (Wildman–Crippen MR) is 88.5 cm³/mol. The minimum absolute atomic E-state index is 0.0987. The summed E-state index contributed by atoms with van der Waals surface area (Å²) >= 11 is 6.67. The third-order valence-corrected chi connectivity index (χ3v) is 4.62. The van der Waals surface area contributed by atoms with Crippen LogP contribution in [0.2, 0.25) is 0 Å². The quantitative estimate of drug-likeness (QED) is 0.684. The zero-order chi connectivity index (χ0) is 14.8. The van der Waals surface area contributed by atoms with Crippen molar-refractivity contribution in [1.29, 1.82) is 0 Å². The van der Waals surface area contributed by atoms with Crippen LogP contribution in [0.25, 0.3) is 0 Å². The van der Waals surface area contributed by atoms with Crippen molar-refractivity contribution < 1.29 is 4.74 Å². The zero-order valence-corrected chi connectivity index (χ0v) is 13.4. The first kappa shape index (κ1) is 14.5. The van der Waals surface area contributed by atoms with Crippen LogP contribution in [-0.2, 0) is 6.42 Å². The van der Waals surface area contributed by atoms with Crippen molar-refractivity contribution in [3.8, 4) is 5.75 Å². The van der Waals surface area contributed by atoms with Crippen LogP contribution in [0, 0.1) is 0 Å². The maximum Gasteiger partial charge on any atom is 0.122 e. The zero-order valence-electron chi connectivity index (χ0n) is 12.6. The van der Waals surface area contributed by atoms with E-state index in [1.807, 2.05) is 0 Å². The number of hydrogen-bond acceptors (Lipinski definition) is 1. The second-order valence-corrected chi connectivity index (χ2v) is 6.44. The van der Waals surface area contributed by atoms with Gasteiger partial charge in [0.25, 0.3) is 0 Å². The molecule has 2 heteroatoms. The minimum Gasteiger partial charge on any atom is -0.493 e. The summed E-state index contributed by atoms with van der Waals surface area (Å²) in [5.74, 6) is 1.57. The number of halogens is 1. The van der Waals surface area contributed by atoms with Gasteiger partial charge in [0.2, 0.25) is 0 Å². The Balaban J connectivity index is 1.85. The number of rotatable bonds is 3. The van der Waals surface area contributed by atoms with Gasteiger partial charge in [-0.3, -0.25) is 0 Å². The third-order valence-electron chi connectivity index (χ3n) is 4.12. The molecule has 0 saturated carbocycles. The second-order valence-electron chi connectivity index (χ2n) is 6.00. The molecule has 0 bridgehead atoms. The molecule has 110 valence electrons. The molecule has 21 heavy (non-hydrogen) atoms. The van der Waals surface area contributed by atoms with E-state index in [0.29, 0.717) is 5.92 Å². The fourth-order valence-corrected chi connectivity index (χ4v) is 3.06. The van der Waals surface area contributed by atoms with Gasteiger partial charge in [-0.1, -0.05) is 50.2 Å². The van der Waals surface area contributed by atoms with Gasteiger partial charge in [-0.15, -0.1) is 11.6 Å². The lowest BCUT2D eigenvalue weighted by molar-refractivity contribution is 0.288. The average molecular weight is 301 g/mol. The topological polar surface area (TPSA) is 9.23 Å². The number of fused-ring (bicyclic) bond motifs is 1. The smallest absolute Gasteiger partial charge is 0.122 e. The van der Waals surface area contributed by atoms with Crippen LogP contribution in [0.5, 0.6) is 5.75 Å². The van der Waals surface area contributed by atoms with Crippen LogP contribution in [-0.4, -0.2) is 6.61 Å². The summed E-state index contributed by atoms with van der Waals surface area (Å²) in [5, 5.41) is -0.0987. The Kier molecular flexibility index (Phi) is 4.21. The Morgan fingerprint density at radius 2 is 1.62 bits per heavy atom. The Labute approximate surface area is 131 Å². The van der Waals surface area contributed by atoms with Crippen molar-refractivity contribution in [2.75, 3.05) is 6.61 Å². The molecule has 1 unspecified atom stereocenters. The summed E-state index contributed by atoms with van der Waals surface area (Å²) in [7, 11) is 0. The Morgan fingerprint density at radius 3 is 2.33 bits per heavy atom. The molecule has 3 rings (SSSR count). The fourth-order valence-electron chi connectivity index (χ4n) is 2.78. The molecular weight excluding hydrogens is 280 g/mol. The molecule has 0 spiro atoms. The number of ether oxygens (including phenoxy) is 1. The van der Waals surface area contributed by atoms with Crippen molar-refractivity contribution in [3.63, 3.8) is 0 Å². The van der Waals surface area contributed by atoms with Gasteiger partial charge in [0.15, 0.2) is 0 Å². The molecule has 2 aromatic carbocycles. The van der Waals surface area contributed by atoms with E-state index in [1.165, 1.54) is 11.1 Å². The Hall–Kier alpha value is -1.47. The highest BCUT2D eigenvalue weighted by molar-refractivity contribution is 6.22. The number of aryl methyl sites for hydroxylation is 1. The van der Waals surface area contributed by atoms with Gasteiger partial charge in [0.1, 0.15) is 5.75 Å². The summed E-state index contributed by atoms with van der Waals surface area (Å²) in [5.41, 5.74) is 4.93. The lowest BCUT2D eigenvalue weighted by atomic mass is 9.96. The molecule has 0 aromatic heterocycles. The van der Waals surface area contributed by atoms with Crippen molar-refractivity contribution >= 4 is 11.6 Å².